The quantitative estimate of drug-likeness (QED) is 0.757. The Labute approximate surface area is 158 Å². The summed E-state index contributed by atoms with van der Waals surface area (Å²) in [6, 6.07) is 23.5. The van der Waals surface area contributed by atoms with Gasteiger partial charge >= 0.3 is 0 Å². The first kappa shape index (κ1) is 17.8. The predicted octanol–water partition coefficient (Wildman–Crippen LogP) is 4.92. The summed E-state index contributed by atoms with van der Waals surface area (Å²) in [5, 5.41) is 0. The molecule has 0 spiro atoms. The van der Waals surface area contributed by atoms with Crippen LogP contribution in [0.1, 0.15) is 49.3 Å². The van der Waals surface area contributed by atoms with Crippen molar-refractivity contribution in [1.82, 2.24) is 9.80 Å². The fourth-order valence-electron chi connectivity index (χ4n) is 4.83. The molecule has 2 aliphatic rings. The van der Waals surface area contributed by atoms with Crippen molar-refractivity contribution < 1.29 is 0 Å². The summed E-state index contributed by atoms with van der Waals surface area (Å²) in [7, 11) is 0. The van der Waals surface area contributed by atoms with Gasteiger partial charge in [0.1, 0.15) is 0 Å². The van der Waals surface area contributed by atoms with Gasteiger partial charge in [0.05, 0.1) is 0 Å². The van der Waals surface area contributed by atoms with Gasteiger partial charge in [-0.05, 0) is 30.4 Å². The van der Waals surface area contributed by atoms with Crippen molar-refractivity contribution >= 4 is 0 Å². The molecule has 1 saturated heterocycles. The second kappa shape index (κ2) is 8.83. The first-order valence-corrected chi connectivity index (χ1v) is 10.5. The van der Waals surface area contributed by atoms with Crippen molar-refractivity contribution in [1.29, 1.82) is 0 Å². The van der Waals surface area contributed by atoms with Gasteiger partial charge in [-0.25, -0.2) is 0 Å². The lowest BCUT2D eigenvalue weighted by Crippen LogP contribution is -2.51. The van der Waals surface area contributed by atoms with Crippen LogP contribution in [0.25, 0.3) is 0 Å². The lowest BCUT2D eigenvalue weighted by atomic mass is 9.93. The van der Waals surface area contributed by atoms with Gasteiger partial charge in [-0.1, -0.05) is 79.9 Å². The molecule has 0 unspecified atom stereocenters. The molecular formula is C24H32N2. The summed E-state index contributed by atoms with van der Waals surface area (Å²) in [4.78, 5) is 5.50. The molecule has 1 atom stereocenters. The van der Waals surface area contributed by atoms with Gasteiger partial charge in [-0.2, -0.15) is 0 Å². The van der Waals surface area contributed by atoms with Gasteiger partial charge in [0, 0.05) is 38.3 Å². The Morgan fingerprint density at radius 3 is 2.00 bits per heavy atom. The number of hydrogen-bond acceptors (Lipinski definition) is 2. The number of benzene rings is 2. The molecule has 1 heterocycles. The molecule has 4 rings (SSSR count). The summed E-state index contributed by atoms with van der Waals surface area (Å²) in [5.41, 5.74) is 2.90. The molecule has 0 aromatic heterocycles. The van der Waals surface area contributed by atoms with Crippen LogP contribution in [0.4, 0.5) is 0 Å². The molecule has 2 aromatic rings. The Morgan fingerprint density at radius 2 is 1.35 bits per heavy atom. The highest BCUT2D eigenvalue weighted by Crippen LogP contribution is 2.29. The van der Waals surface area contributed by atoms with Crippen molar-refractivity contribution in [2.45, 2.75) is 50.6 Å². The van der Waals surface area contributed by atoms with Gasteiger partial charge in [-0.3, -0.25) is 9.80 Å². The minimum absolute atomic E-state index is 0.493. The molecule has 138 valence electrons. The third-order valence-electron chi connectivity index (χ3n) is 6.34. The second-order valence-electron chi connectivity index (χ2n) is 7.98. The van der Waals surface area contributed by atoms with Crippen LogP contribution in [-0.4, -0.2) is 42.0 Å². The van der Waals surface area contributed by atoms with Gasteiger partial charge in [0.15, 0.2) is 0 Å². The standard InChI is InChI=1S/C24H32N2/c1-4-10-21(11-5-1)20-24(22-12-6-2-7-13-22)26-18-16-25(17-19-26)23-14-8-3-9-15-23/h1-2,4-7,10-13,23-24H,3,8-9,14-20H2/t24-/m1/s1. The lowest BCUT2D eigenvalue weighted by molar-refractivity contribution is 0.0559. The smallest absolute Gasteiger partial charge is 0.0389 e. The molecule has 26 heavy (non-hydrogen) atoms. The van der Waals surface area contributed by atoms with E-state index >= 15 is 0 Å². The predicted molar refractivity (Wildman–Crippen MR) is 109 cm³/mol. The minimum Gasteiger partial charge on any atom is -0.298 e. The van der Waals surface area contributed by atoms with Crippen LogP contribution in [0, 0.1) is 0 Å². The summed E-state index contributed by atoms with van der Waals surface area (Å²) in [6.07, 6.45) is 8.27. The molecule has 1 aliphatic carbocycles. The van der Waals surface area contributed by atoms with Gasteiger partial charge < -0.3 is 0 Å². The maximum atomic E-state index is 2.78. The zero-order valence-corrected chi connectivity index (χ0v) is 15.9. The van der Waals surface area contributed by atoms with E-state index in [-0.39, 0.29) is 0 Å². The van der Waals surface area contributed by atoms with E-state index in [1.165, 1.54) is 69.4 Å². The van der Waals surface area contributed by atoms with Crippen LogP contribution in [0.5, 0.6) is 0 Å². The van der Waals surface area contributed by atoms with Crippen molar-refractivity contribution in [2.75, 3.05) is 26.2 Å². The third-order valence-corrected chi connectivity index (χ3v) is 6.34. The first-order chi connectivity index (χ1) is 12.9. The van der Waals surface area contributed by atoms with E-state index in [0.717, 1.165) is 12.5 Å². The zero-order chi connectivity index (χ0) is 17.6. The Bertz CT molecular complexity index is 640. The maximum absolute atomic E-state index is 2.78. The molecule has 0 N–H and O–H groups in total. The maximum Gasteiger partial charge on any atom is 0.0389 e. The van der Waals surface area contributed by atoms with Crippen LogP contribution in [0.3, 0.4) is 0 Å². The molecule has 2 nitrogen and oxygen atoms in total. The first-order valence-electron chi connectivity index (χ1n) is 10.5. The Balaban J connectivity index is 1.44. The number of hydrogen-bond donors (Lipinski definition) is 0. The fraction of sp³-hybridized carbons (Fsp3) is 0.500. The molecule has 0 radical (unpaired) electrons. The van der Waals surface area contributed by atoms with E-state index in [1.807, 2.05) is 0 Å². The van der Waals surface area contributed by atoms with Crippen molar-refractivity contribution in [2.24, 2.45) is 0 Å². The molecule has 1 aliphatic heterocycles. The topological polar surface area (TPSA) is 6.48 Å². The second-order valence-corrected chi connectivity index (χ2v) is 7.98. The number of rotatable bonds is 5. The van der Waals surface area contributed by atoms with E-state index < -0.39 is 0 Å². The number of piperazine rings is 1. The molecular weight excluding hydrogens is 316 g/mol. The van der Waals surface area contributed by atoms with Crippen molar-refractivity contribution in [3.05, 3.63) is 71.8 Å². The highest BCUT2D eigenvalue weighted by Gasteiger charge is 2.29. The highest BCUT2D eigenvalue weighted by molar-refractivity contribution is 5.24. The summed E-state index contributed by atoms with van der Waals surface area (Å²) < 4.78 is 0. The summed E-state index contributed by atoms with van der Waals surface area (Å²) in [6.45, 7) is 4.87. The average Bonchev–Trinajstić information content (AvgIpc) is 2.74. The van der Waals surface area contributed by atoms with E-state index in [1.54, 1.807) is 0 Å². The lowest BCUT2D eigenvalue weighted by Gasteiger charge is -2.43. The van der Waals surface area contributed by atoms with Gasteiger partial charge in [0.2, 0.25) is 0 Å². The molecule has 1 saturated carbocycles. The SMILES string of the molecule is c1ccc(C[C@H](c2ccccc2)N2CCN(C3CCCCC3)CC2)cc1. The van der Waals surface area contributed by atoms with E-state index in [4.69, 9.17) is 0 Å². The van der Waals surface area contributed by atoms with E-state index in [2.05, 4.69) is 70.5 Å². The van der Waals surface area contributed by atoms with E-state index in [9.17, 15) is 0 Å². The Kier molecular flexibility index (Phi) is 6.03. The third kappa shape index (κ3) is 4.36. The zero-order valence-electron chi connectivity index (χ0n) is 15.9. The van der Waals surface area contributed by atoms with Crippen molar-refractivity contribution in [3.63, 3.8) is 0 Å². The molecule has 2 heteroatoms. The summed E-state index contributed by atoms with van der Waals surface area (Å²) >= 11 is 0. The van der Waals surface area contributed by atoms with Crippen LogP contribution < -0.4 is 0 Å². The minimum atomic E-state index is 0.493. The molecule has 2 aromatic carbocycles. The Morgan fingerprint density at radius 1 is 0.731 bits per heavy atom. The van der Waals surface area contributed by atoms with Crippen LogP contribution >= 0.6 is 0 Å². The van der Waals surface area contributed by atoms with Gasteiger partial charge in [0.25, 0.3) is 0 Å². The molecule has 0 amide bonds. The number of nitrogens with zero attached hydrogens (tertiary/aromatic N) is 2. The van der Waals surface area contributed by atoms with Crippen LogP contribution in [0.15, 0.2) is 60.7 Å². The highest BCUT2D eigenvalue weighted by atomic mass is 15.3. The van der Waals surface area contributed by atoms with Gasteiger partial charge in [-0.15, -0.1) is 0 Å². The van der Waals surface area contributed by atoms with E-state index in [0.29, 0.717) is 6.04 Å². The monoisotopic (exact) mass is 348 g/mol. The largest absolute Gasteiger partial charge is 0.298 e. The average molecular weight is 349 g/mol. The van der Waals surface area contributed by atoms with Crippen molar-refractivity contribution in [3.8, 4) is 0 Å². The Hall–Kier alpha value is -1.64. The molecule has 0 bridgehead atoms. The molecule has 2 fully saturated rings. The normalized spacial score (nSPS) is 21.5. The fourth-order valence-corrected chi connectivity index (χ4v) is 4.83. The van der Waals surface area contributed by atoms with Crippen LogP contribution in [0.2, 0.25) is 0 Å². The summed E-state index contributed by atoms with van der Waals surface area (Å²) in [5.74, 6) is 0. The van der Waals surface area contributed by atoms with Crippen LogP contribution in [-0.2, 0) is 6.42 Å².